The van der Waals surface area contributed by atoms with Gasteiger partial charge in [0.15, 0.2) is 0 Å². The second kappa shape index (κ2) is 12.5. The number of benzene rings is 3. The number of aliphatic hydroxyl groups is 1. The molecule has 1 heterocycles. The lowest BCUT2D eigenvalue weighted by atomic mass is 9.87. The topological polar surface area (TPSA) is 92.6 Å². The van der Waals surface area contributed by atoms with Gasteiger partial charge in [0.05, 0.1) is 25.1 Å². The molecule has 0 aromatic heterocycles. The Bertz CT molecular complexity index is 1460. The Kier molecular flexibility index (Phi) is 9.22. The van der Waals surface area contributed by atoms with Gasteiger partial charge in [-0.2, -0.15) is 0 Å². The molecule has 1 atom stereocenters. The molecule has 0 bridgehead atoms. The highest BCUT2D eigenvalue weighted by atomic mass is 35.5. The first-order chi connectivity index (χ1) is 19.8. The third kappa shape index (κ3) is 7.27. The van der Waals surface area contributed by atoms with Gasteiger partial charge in [-0.1, -0.05) is 48.8 Å². The van der Waals surface area contributed by atoms with E-state index in [2.05, 4.69) is 15.2 Å². The molecule has 3 aromatic rings. The summed E-state index contributed by atoms with van der Waals surface area (Å²) in [6.45, 7) is 5.64. The fraction of sp³-hybridized carbons (Fsp3) is 0.333. The standard InChI is InChI=1S/C30H31ClF3N3O5/c1-18(36-41-12-11-38)20-13-22(15-24(14-20)40-4)35-27(19-5-7-21(31)8-6-19)28(39)37-17-29(2,3)25-10-9-23(16-26(25)37)42-30(32,33)34/h5-10,13-16,27,35,38H,11-12,17H2,1-4H3/b36-18+. The van der Waals surface area contributed by atoms with Gasteiger partial charge in [-0.15, -0.1) is 13.2 Å². The SMILES string of the molecule is COc1cc(NC(C(=O)N2CC(C)(C)c3ccc(OC(F)(F)F)cc32)c2ccc(Cl)cc2)cc(/C(C)=N/OCCO)c1. The zero-order valence-corrected chi connectivity index (χ0v) is 24.2. The Hall–Kier alpha value is -3.96. The van der Waals surface area contributed by atoms with E-state index in [9.17, 15) is 18.0 Å². The maximum Gasteiger partial charge on any atom is 0.573 e. The molecule has 0 aliphatic carbocycles. The van der Waals surface area contributed by atoms with Gasteiger partial charge in [-0.05, 0) is 48.4 Å². The molecule has 12 heteroatoms. The molecule has 1 amide bonds. The van der Waals surface area contributed by atoms with Crippen molar-refractivity contribution in [2.75, 3.05) is 37.1 Å². The van der Waals surface area contributed by atoms with Crippen LogP contribution in [0.2, 0.25) is 5.02 Å². The highest BCUT2D eigenvalue weighted by molar-refractivity contribution is 6.30. The third-order valence-electron chi connectivity index (χ3n) is 6.75. The molecular formula is C30H31ClF3N3O5. The predicted molar refractivity (Wildman–Crippen MR) is 155 cm³/mol. The molecule has 3 aromatic carbocycles. The van der Waals surface area contributed by atoms with Crippen LogP contribution in [0.4, 0.5) is 24.5 Å². The van der Waals surface area contributed by atoms with Crippen molar-refractivity contribution < 1.29 is 37.4 Å². The third-order valence-corrected chi connectivity index (χ3v) is 7.00. The summed E-state index contributed by atoms with van der Waals surface area (Å²) in [7, 11) is 1.50. The fourth-order valence-electron chi connectivity index (χ4n) is 4.78. The van der Waals surface area contributed by atoms with Crippen molar-refractivity contribution in [3.05, 3.63) is 82.4 Å². The summed E-state index contributed by atoms with van der Waals surface area (Å²) in [5.41, 5.74) is 2.77. The first kappa shape index (κ1) is 31.0. The molecule has 8 nitrogen and oxygen atoms in total. The van der Waals surface area contributed by atoms with Crippen molar-refractivity contribution in [1.82, 2.24) is 0 Å². The molecule has 1 aliphatic heterocycles. The Morgan fingerprint density at radius 2 is 1.83 bits per heavy atom. The molecule has 224 valence electrons. The first-order valence-corrected chi connectivity index (χ1v) is 13.4. The summed E-state index contributed by atoms with van der Waals surface area (Å²) in [5, 5.41) is 16.7. The summed E-state index contributed by atoms with van der Waals surface area (Å²) in [5.74, 6) is -0.326. The number of carbonyl (C=O) groups is 1. The first-order valence-electron chi connectivity index (χ1n) is 13.0. The zero-order valence-electron chi connectivity index (χ0n) is 23.5. The van der Waals surface area contributed by atoms with Crippen molar-refractivity contribution in [2.45, 2.75) is 38.6 Å². The second-order valence-electron chi connectivity index (χ2n) is 10.3. The van der Waals surface area contributed by atoms with Gasteiger partial charge in [0.2, 0.25) is 0 Å². The van der Waals surface area contributed by atoms with E-state index in [1.165, 1.54) is 24.1 Å². The smallest absolute Gasteiger partial charge is 0.497 e. The van der Waals surface area contributed by atoms with Crippen molar-refractivity contribution in [3.8, 4) is 11.5 Å². The van der Waals surface area contributed by atoms with Crippen LogP contribution in [0.5, 0.6) is 11.5 Å². The van der Waals surface area contributed by atoms with E-state index in [0.29, 0.717) is 39.0 Å². The number of rotatable bonds is 10. The Morgan fingerprint density at radius 3 is 2.48 bits per heavy atom. The highest BCUT2D eigenvalue weighted by Gasteiger charge is 2.41. The summed E-state index contributed by atoms with van der Waals surface area (Å²) in [4.78, 5) is 20.9. The van der Waals surface area contributed by atoms with Gasteiger partial charge in [0.1, 0.15) is 24.1 Å². The van der Waals surface area contributed by atoms with Crippen molar-refractivity contribution in [1.29, 1.82) is 0 Å². The van der Waals surface area contributed by atoms with Crippen LogP contribution in [0.1, 0.15) is 43.5 Å². The molecule has 0 saturated carbocycles. The average molecular weight is 606 g/mol. The van der Waals surface area contributed by atoms with Crippen LogP contribution >= 0.6 is 11.6 Å². The Morgan fingerprint density at radius 1 is 1.12 bits per heavy atom. The number of aliphatic hydroxyl groups excluding tert-OH is 1. The molecule has 0 radical (unpaired) electrons. The van der Waals surface area contributed by atoms with E-state index >= 15 is 0 Å². The predicted octanol–water partition coefficient (Wildman–Crippen LogP) is 6.46. The molecular weight excluding hydrogens is 575 g/mol. The van der Waals surface area contributed by atoms with Gasteiger partial charge >= 0.3 is 6.36 Å². The minimum absolute atomic E-state index is 0.0307. The van der Waals surface area contributed by atoms with Gasteiger partial charge in [0, 0.05) is 40.4 Å². The van der Waals surface area contributed by atoms with Gasteiger partial charge in [-0.3, -0.25) is 4.79 Å². The van der Waals surface area contributed by atoms with Crippen LogP contribution in [0.25, 0.3) is 0 Å². The van der Waals surface area contributed by atoms with Crippen molar-refractivity contribution in [2.24, 2.45) is 5.16 Å². The van der Waals surface area contributed by atoms with E-state index in [1.807, 2.05) is 13.8 Å². The molecule has 0 spiro atoms. The van der Waals surface area contributed by atoms with Gasteiger partial charge in [-0.25, -0.2) is 0 Å². The lowest BCUT2D eigenvalue weighted by Gasteiger charge is -2.27. The molecule has 0 saturated heterocycles. The number of alkyl halides is 3. The van der Waals surface area contributed by atoms with Gasteiger partial charge in [0.25, 0.3) is 5.91 Å². The number of nitrogens with one attached hydrogen (secondary N) is 1. The lowest BCUT2D eigenvalue weighted by molar-refractivity contribution is -0.274. The van der Waals surface area contributed by atoms with Crippen LogP contribution in [0, 0.1) is 0 Å². The minimum atomic E-state index is -4.88. The maximum absolute atomic E-state index is 14.3. The van der Waals surface area contributed by atoms with Crippen LogP contribution in [0.3, 0.4) is 0 Å². The number of anilines is 2. The summed E-state index contributed by atoms with van der Waals surface area (Å²) >= 11 is 6.13. The summed E-state index contributed by atoms with van der Waals surface area (Å²) in [6, 6.07) is 15.0. The Balaban J connectivity index is 1.75. The number of ether oxygens (including phenoxy) is 2. The van der Waals surface area contributed by atoms with Crippen LogP contribution in [-0.2, 0) is 15.0 Å². The zero-order chi connectivity index (χ0) is 30.7. The summed E-state index contributed by atoms with van der Waals surface area (Å²) in [6.07, 6.45) is -4.88. The second-order valence-corrected chi connectivity index (χ2v) is 10.8. The number of carbonyl (C=O) groups excluding carboxylic acids is 1. The van der Waals surface area contributed by atoms with Crippen LogP contribution < -0.4 is 19.7 Å². The van der Waals surface area contributed by atoms with Crippen LogP contribution in [-0.4, -0.2) is 50.0 Å². The molecule has 42 heavy (non-hydrogen) atoms. The largest absolute Gasteiger partial charge is 0.573 e. The number of amides is 1. The minimum Gasteiger partial charge on any atom is -0.497 e. The number of halogens is 4. The maximum atomic E-state index is 14.3. The normalized spacial score (nSPS) is 15.2. The van der Waals surface area contributed by atoms with E-state index in [1.54, 1.807) is 55.5 Å². The number of hydrogen-bond donors (Lipinski definition) is 2. The van der Waals surface area contributed by atoms with E-state index in [4.69, 9.17) is 26.3 Å². The van der Waals surface area contributed by atoms with E-state index in [0.717, 1.165) is 5.56 Å². The number of methoxy groups -OCH3 is 1. The average Bonchev–Trinajstić information content (AvgIpc) is 3.20. The molecule has 0 fully saturated rings. The molecule has 1 unspecified atom stereocenters. The molecule has 4 rings (SSSR count). The fourth-order valence-corrected chi connectivity index (χ4v) is 4.90. The summed E-state index contributed by atoms with van der Waals surface area (Å²) < 4.78 is 48.6. The van der Waals surface area contributed by atoms with Gasteiger partial charge < -0.3 is 29.6 Å². The molecule has 2 N–H and O–H groups in total. The number of fused-ring (bicyclic) bond motifs is 1. The monoisotopic (exact) mass is 605 g/mol. The van der Waals surface area contributed by atoms with E-state index in [-0.39, 0.29) is 19.8 Å². The molecule has 1 aliphatic rings. The highest BCUT2D eigenvalue weighted by Crippen LogP contribution is 2.44. The number of hydrogen-bond acceptors (Lipinski definition) is 7. The van der Waals surface area contributed by atoms with Crippen molar-refractivity contribution in [3.63, 3.8) is 0 Å². The number of nitrogens with zero attached hydrogens (tertiary/aromatic N) is 2. The number of oxime groups is 1. The van der Waals surface area contributed by atoms with Crippen molar-refractivity contribution >= 4 is 34.6 Å². The van der Waals surface area contributed by atoms with Crippen LogP contribution in [0.15, 0.2) is 65.8 Å². The lowest BCUT2D eigenvalue weighted by Crippen LogP contribution is -2.39. The Labute approximate surface area is 246 Å². The quantitative estimate of drug-likeness (QED) is 0.157. The van der Waals surface area contributed by atoms with E-state index < -0.39 is 29.5 Å².